The highest BCUT2D eigenvalue weighted by atomic mass is 32.1. The predicted octanol–water partition coefficient (Wildman–Crippen LogP) is 0.469. The van der Waals surface area contributed by atoms with Crippen LogP contribution in [0.5, 0.6) is 0 Å². The number of carbonyl (C=O) groups is 1. The van der Waals surface area contributed by atoms with E-state index in [0.717, 1.165) is 39.1 Å². The van der Waals surface area contributed by atoms with Crippen molar-refractivity contribution in [3.05, 3.63) is 28.7 Å². The van der Waals surface area contributed by atoms with Gasteiger partial charge < -0.3 is 4.90 Å². The fourth-order valence-electron chi connectivity index (χ4n) is 2.49. The molecule has 0 radical (unpaired) electrons. The summed E-state index contributed by atoms with van der Waals surface area (Å²) < 4.78 is 1.47. The molecule has 0 atom stereocenters. The van der Waals surface area contributed by atoms with E-state index in [9.17, 15) is 4.79 Å². The number of rotatable bonds is 4. The van der Waals surface area contributed by atoms with Gasteiger partial charge in [-0.25, -0.2) is 4.68 Å². The normalized spacial score (nSPS) is 16.9. The van der Waals surface area contributed by atoms with Crippen LogP contribution in [0.25, 0.3) is 0 Å². The van der Waals surface area contributed by atoms with Crippen LogP contribution in [0.15, 0.2) is 23.8 Å². The maximum Gasteiger partial charge on any atom is 0.244 e. The second kappa shape index (κ2) is 6.77. The van der Waals surface area contributed by atoms with Gasteiger partial charge in [-0.15, -0.1) is 16.4 Å². The van der Waals surface area contributed by atoms with Crippen molar-refractivity contribution in [2.45, 2.75) is 19.5 Å². The van der Waals surface area contributed by atoms with E-state index in [-0.39, 0.29) is 12.5 Å². The van der Waals surface area contributed by atoms with Crippen LogP contribution in [-0.2, 0) is 17.9 Å². The van der Waals surface area contributed by atoms with E-state index in [2.05, 4.69) is 37.9 Å². The van der Waals surface area contributed by atoms with Crippen molar-refractivity contribution in [3.8, 4) is 0 Å². The monoisotopic (exact) mass is 306 g/mol. The van der Waals surface area contributed by atoms with Gasteiger partial charge in [0.15, 0.2) is 0 Å². The summed E-state index contributed by atoms with van der Waals surface area (Å²) in [6.45, 7) is 4.73. The minimum Gasteiger partial charge on any atom is -0.340 e. The molecule has 112 valence electrons. The molecule has 3 rings (SSSR count). The maximum absolute atomic E-state index is 12.2. The lowest BCUT2D eigenvalue weighted by Gasteiger charge is -2.21. The largest absolute Gasteiger partial charge is 0.340 e. The van der Waals surface area contributed by atoms with Crippen molar-refractivity contribution in [2.75, 3.05) is 26.2 Å². The lowest BCUT2D eigenvalue weighted by atomic mass is 10.3. The topological polar surface area (TPSA) is 67.2 Å². The van der Waals surface area contributed by atoms with E-state index in [1.54, 1.807) is 11.3 Å². The Morgan fingerprint density at radius 1 is 1.29 bits per heavy atom. The molecular formula is C13H18N6OS. The van der Waals surface area contributed by atoms with Gasteiger partial charge in [-0.05, 0) is 28.3 Å². The van der Waals surface area contributed by atoms with E-state index >= 15 is 0 Å². The molecule has 1 fully saturated rings. The van der Waals surface area contributed by atoms with Gasteiger partial charge in [-0.3, -0.25) is 9.69 Å². The minimum absolute atomic E-state index is 0.0836. The van der Waals surface area contributed by atoms with Gasteiger partial charge in [0.2, 0.25) is 5.91 Å². The number of tetrazole rings is 1. The van der Waals surface area contributed by atoms with Crippen molar-refractivity contribution in [2.24, 2.45) is 0 Å². The molecule has 0 aromatic carbocycles. The van der Waals surface area contributed by atoms with Gasteiger partial charge in [0.05, 0.1) is 0 Å². The van der Waals surface area contributed by atoms with Crippen LogP contribution in [0.1, 0.15) is 11.3 Å². The summed E-state index contributed by atoms with van der Waals surface area (Å²) in [5.41, 5.74) is 0. The summed E-state index contributed by atoms with van der Waals surface area (Å²) in [6.07, 6.45) is 2.48. The van der Waals surface area contributed by atoms with Crippen molar-refractivity contribution in [1.29, 1.82) is 0 Å². The quantitative estimate of drug-likeness (QED) is 0.821. The lowest BCUT2D eigenvalue weighted by molar-refractivity contribution is -0.131. The standard InChI is InChI=1S/C13H18N6OS/c20-13(10-19-11-14-15-16-19)18-5-2-4-17(6-7-18)9-12-3-1-8-21-12/h1,3,8,11H,2,4-7,9-10H2. The summed E-state index contributed by atoms with van der Waals surface area (Å²) in [6, 6.07) is 4.25. The van der Waals surface area contributed by atoms with Gasteiger partial charge in [-0.1, -0.05) is 6.07 Å². The predicted molar refractivity (Wildman–Crippen MR) is 78.6 cm³/mol. The molecule has 0 saturated carbocycles. The Hall–Kier alpha value is -1.80. The van der Waals surface area contributed by atoms with Crippen LogP contribution in [-0.4, -0.2) is 62.1 Å². The zero-order valence-corrected chi connectivity index (χ0v) is 12.6. The SMILES string of the molecule is O=C(Cn1cnnn1)N1CCCN(Cc2cccs2)CC1. The van der Waals surface area contributed by atoms with Crippen LogP contribution >= 0.6 is 11.3 Å². The molecule has 7 nitrogen and oxygen atoms in total. The Labute approximate surface area is 127 Å². The second-order valence-corrected chi connectivity index (χ2v) is 6.13. The Bertz CT molecular complexity index is 555. The number of carbonyl (C=O) groups excluding carboxylic acids is 1. The summed E-state index contributed by atoms with van der Waals surface area (Å²) in [7, 11) is 0. The first-order valence-corrected chi connectivity index (χ1v) is 7.92. The number of amides is 1. The molecule has 8 heteroatoms. The zero-order valence-electron chi connectivity index (χ0n) is 11.8. The van der Waals surface area contributed by atoms with Gasteiger partial charge >= 0.3 is 0 Å². The van der Waals surface area contributed by atoms with Crippen molar-refractivity contribution in [1.82, 2.24) is 30.0 Å². The molecule has 1 aliphatic heterocycles. The van der Waals surface area contributed by atoms with E-state index < -0.39 is 0 Å². The first-order chi connectivity index (χ1) is 10.3. The third-order valence-electron chi connectivity index (χ3n) is 3.59. The van der Waals surface area contributed by atoms with Crippen molar-refractivity contribution < 1.29 is 4.79 Å². The number of thiophene rings is 1. The zero-order chi connectivity index (χ0) is 14.5. The molecular weight excluding hydrogens is 288 g/mol. The highest BCUT2D eigenvalue weighted by Gasteiger charge is 2.19. The first kappa shape index (κ1) is 14.2. The summed E-state index contributed by atoms with van der Waals surface area (Å²) in [4.78, 5) is 17.9. The number of aromatic nitrogens is 4. The Balaban J connectivity index is 1.51. The molecule has 0 N–H and O–H groups in total. The summed E-state index contributed by atoms with van der Waals surface area (Å²) in [5.74, 6) is 0.0836. The van der Waals surface area contributed by atoms with E-state index in [1.807, 2.05) is 4.90 Å². The molecule has 3 heterocycles. The van der Waals surface area contributed by atoms with Crippen LogP contribution in [0.2, 0.25) is 0 Å². The third kappa shape index (κ3) is 3.85. The first-order valence-electron chi connectivity index (χ1n) is 7.04. The van der Waals surface area contributed by atoms with Gasteiger partial charge in [0.25, 0.3) is 0 Å². The van der Waals surface area contributed by atoms with Crippen molar-refractivity contribution in [3.63, 3.8) is 0 Å². The fourth-order valence-corrected chi connectivity index (χ4v) is 3.24. The molecule has 2 aromatic heterocycles. The average Bonchev–Trinajstić information content (AvgIpc) is 3.11. The summed E-state index contributed by atoms with van der Waals surface area (Å²) in [5, 5.41) is 12.9. The van der Waals surface area contributed by atoms with E-state index in [4.69, 9.17) is 0 Å². The second-order valence-electron chi connectivity index (χ2n) is 5.10. The Kier molecular flexibility index (Phi) is 4.56. The minimum atomic E-state index is 0.0836. The van der Waals surface area contributed by atoms with Crippen LogP contribution < -0.4 is 0 Å². The number of hydrogen-bond donors (Lipinski definition) is 0. The van der Waals surface area contributed by atoms with Gasteiger partial charge in [-0.2, -0.15) is 0 Å². The molecule has 0 aliphatic carbocycles. The third-order valence-corrected chi connectivity index (χ3v) is 4.45. The van der Waals surface area contributed by atoms with Crippen LogP contribution in [0, 0.1) is 0 Å². The maximum atomic E-state index is 12.2. The average molecular weight is 306 g/mol. The number of nitrogens with zero attached hydrogens (tertiary/aromatic N) is 6. The molecule has 0 unspecified atom stereocenters. The molecule has 1 amide bonds. The highest BCUT2D eigenvalue weighted by Crippen LogP contribution is 2.13. The fraction of sp³-hybridized carbons (Fsp3) is 0.538. The number of hydrogen-bond acceptors (Lipinski definition) is 6. The van der Waals surface area contributed by atoms with E-state index in [1.165, 1.54) is 15.9 Å². The van der Waals surface area contributed by atoms with Crippen LogP contribution in [0.4, 0.5) is 0 Å². The molecule has 0 bridgehead atoms. The molecule has 1 saturated heterocycles. The van der Waals surface area contributed by atoms with Crippen LogP contribution in [0.3, 0.4) is 0 Å². The molecule has 21 heavy (non-hydrogen) atoms. The smallest absolute Gasteiger partial charge is 0.244 e. The summed E-state index contributed by atoms with van der Waals surface area (Å²) >= 11 is 1.79. The Morgan fingerprint density at radius 3 is 3.00 bits per heavy atom. The van der Waals surface area contributed by atoms with Gasteiger partial charge in [0.1, 0.15) is 12.9 Å². The van der Waals surface area contributed by atoms with Gasteiger partial charge in [0, 0.05) is 37.6 Å². The Morgan fingerprint density at radius 2 is 2.24 bits per heavy atom. The highest BCUT2D eigenvalue weighted by molar-refractivity contribution is 7.09. The lowest BCUT2D eigenvalue weighted by Crippen LogP contribution is -2.37. The van der Waals surface area contributed by atoms with Crippen molar-refractivity contribution >= 4 is 17.2 Å². The van der Waals surface area contributed by atoms with E-state index in [0.29, 0.717) is 0 Å². The molecule has 2 aromatic rings. The molecule has 1 aliphatic rings. The molecule has 0 spiro atoms.